The van der Waals surface area contributed by atoms with E-state index in [4.69, 9.17) is 9.47 Å². The molecule has 2 atom stereocenters. The average molecular weight is 369 g/mol. The molecule has 3 rings (SSSR count). The monoisotopic (exact) mass is 369 g/mol. The van der Waals surface area contributed by atoms with Crippen molar-refractivity contribution in [2.24, 2.45) is 0 Å². The van der Waals surface area contributed by atoms with Crippen LogP contribution in [0.1, 0.15) is 26.2 Å². The third-order valence-electron chi connectivity index (χ3n) is 4.80. The molecule has 0 amide bonds. The minimum absolute atomic E-state index is 0.00212. The van der Waals surface area contributed by atoms with E-state index in [-0.39, 0.29) is 18.0 Å². The first-order valence-electron chi connectivity index (χ1n) is 8.87. The molecule has 2 aliphatic rings. The minimum atomic E-state index is -3.32. The number of sulfonamides is 1. The molecule has 140 valence electrons. The van der Waals surface area contributed by atoms with Crippen LogP contribution in [0.3, 0.4) is 0 Å². The van der Waals surface area contributed by atoms with Gasteiger partial charge in [-0.05, 0) is 38.3 Å². The van der Waals surface area contributed by atoms with Crippen molar-refractivity contribution >= 4 is 15.8 Å². The highest BCUT2D eigenvalue weighted by Crippen LogP contribution is 2.30. The molecule has 0 saturated carbocycles. The number of aromatic nitrogens is 1. The predicted molar refractivity (Wildman–Crippen MR) is 96.5 cm³/mol. The van der Waals surface area contributed by atoms with Crippen LogP contribution in [0.25, 0.3) is 0 Å². The Balaban J connectivity index is 1.64. The second-order valence-electron chi connectivity index (χ2n) is 6.73. The van der Waals surface area contributed by atoms with Crippen LogP contribution in [0.15, 0.2) is 18.3 Å². The Labute approximate surface area is 150 Å². The van der Waals surface area contributed by atoms with Gasteiger partial charge in [-0.2, -0.15) is 4.31 Å². The van der Waals surface area contributed by atoms with Gasteiger partial charge in [-0.25, -0.2) is 13.4 Å². The van der Waals surface area contributed by atoms with Gasteiger partial charge in [-0.15, -0.1) is 0 Å². The molecule has 2 saturated heterocycles. The quantitative estimate of drug-likeness (QED) is 0.725. The number of nitrogens with zero attached hydrogens (tertiary/aromatic N) is 3. The molecule has 7 nitrogen and oxygen atoms in total. The number of hydrogen-bond acceptors (Lipinski definition) is 6. The van der Waals surface area contributed by atoms with Crippen LogP contribution in [0.2, 0.25) is 0 Å². The van der Waals surface area contributed by atoms with Gasteiger partial charge < -0.3 is 14.4 Å². The van der Waals surface area contributed by atoms with Crippen molar-refractivity contribution in [3.63, 3.8) is 0 Å². The van der Waals surface area contributed by atoms with Gasteiger partial charge in [0.2, 0.25) is 10.0 Å². The zero-order chi connectivity index (χ0) is 17.9. The predicted octanol–water partition coefficient (Wildman–Crippen LogP) is 1.50. The van der Waals surface area contributed by atoms with Gasteiger partial charge in [0.1, 0.15) is 6.10 Å². The lowest BCUT2D eigenvalue weighted by molar-refractivity contribution is 0.135. The summed E-state index contributed by atoms with van der Waals surface area (Å²) in [7, 11) is -1.79. The summed E-state index contributed by atoms with van der Waals surface area (Å²) in [5, 5.41) is 0. The van der Waals surface area contributed by atoms with Crippen LogP contribution in [-0.2, 0) is 14.8 Å². The van der Waals surface area contributed by atoms with Gasteiger partial charge in [-0.3, -0.25) is 0 Å². The maximum absolute atomic E-state index is 12.4. The van der Waals surface area contributed by atoms with E-state index in [2.05, 4.69) is 9.88 Å². The molecule has 1 aromatic rings. The van der Waals surface area contributed by atoms with Gasteiger partial charge in [0, 0.05) is 32.9 Å². The lowest BCUT2D eigenvalue weighted by Gasteiger charge is -2.22. The fourth-order valence-corrected chi connectivity index (χ4v) is 5.05. The van der Waals surface area contributed by atoms with E-state index in [9.17, 15) is 8.42 Å². The van der Waals surface area contributed by atoms with Crippen molar-refractivity contribution in [1.29, 1.82) is 0 Å². The molecule has 25 heavy (non-hydrogen) atoms. The molecular weight excluding hydrogens is 342 g/mol. The van der Waals surface area contributed by atoms with E-state index < -0.39 is 10.0 Å². The molecule has 8 heteroatoms. The molecule has 0 aliphatic carbocycles. The van der Waals surface area contributed by atoms with E-state index in [1.165, 1.54) is 24.3 Å². The van der Waals surface area contributed by atoms with Crippen molar-refractivity contribution in [1.82, 2.24) is 9.29 Å². The van der Waals surface area contributed by atoms with Crippen LogP contribution in [-0.4, -0.2) is 69.0 Å². The molecule has 3 heterocycles. The van der Waals surface area contributed by atoms with Crippen LogP contribution >= 0.6 is 0 Å². The molecule has 0 spiro atoms. The van der Waals surface area contributed by atoms with Crippen molar-refractivity contribution in [3.8, 4) is 5.75 Å². The molecule has 0 bridgehead atoms. The van der Waals surface area contributed by atoms with Crippen molar-refractivity contribution < 1.29 is 17.9 Å². The van der Waals surface area contributed by atoms with Crippen LogP contribution in [0.5, 0.6) is 5.75 Å². The van der Waals surface area contributed by atoms with Crippen LogP contribution < -0.4 is 9.64 Å². The van der Waals surface area contributed by atoms with E-state index in [1.807, 2.05) is 12.1 Å². The first-order chi connectivity index (χ1) is 12.0. The summed E-state index contributed by atoms with van der Waals surface area (Å²) in [4.78, 5) is 6.71. The fraction of sp³-hybridized carbons (Fsp3) is 0.706. The van der Waals surface area contributed by atoms with Gasteiger partial charge in [0.15, 0.2) is 11.6 Å². The van der Waals surface area contributed by atoms with Crippen LogP contribution in [0, 0.1) is 0 Å². The first kappa shape index (κ1) is 18.4. The number of methoxy groups -OCH3 is 1. The van der Waals surface area contributed by atoms with Crippen molar-refractivity contribution in [3.05, 3.63) is 18.3 Å². The number of rotatable bonds is 7. The Morgan fingerprint density at radius 3 is 2.80 bits per heavy atom. The Kier molecular flexibility index (Phi) is 5.81. The molecule has 0 aromatic carbocycles. The standard InChI is InChI=1S/C17H27N3O4S/c1-14(23-2)13-25(21,22)20-11-7-15(12-20)24-16-6-5-8-18-17(16)19-9-3-4-10-19/h5-6,8,14-15H,3-4,7,9-13H2,1-2H3/t14-,15-/m0/s1. The topological polar surface area (TPSA) is 72.0 Å². The molecule has 2 aliphatic heterocycles. The summed E-state index contributed by atoms with van der Waals surface area (Å²) in [6.07, 6.45) is 4.35. The highest BCUT2D eigenvalue weighted by atomic mass is 32.2. The first-order valence-corrected chi connectivity index (χ1v) is 10.5. The Morgan fingerprint density at radius 2 is 2.08 bits per heavy atom. The summed E-state index contributed by atoms with van der Waals surface area (Å²) in [6, 6.07) is 3.78. The SMILES string of the molecule is CO[C@@H](C)CS(=O)(=O)N1CC[C@H](Oc2cccnc2N2CCCC2)C1. The summed E-state index contributed by atoms with van der Waals surface area (Å²) in [6.45, 7) is 4.62. The largest absolute Gasteiger partial charge is 0.485 e. The lowest BCUT2D eigenvalue weighted by atomic mass is 10.3. The number of ether oxygens (including phenoxy) is 2. The summed E-state index contributed by atoms with van der Waals surface area (Å²) >= 11 is 0. The zero-order valence-electron chi connectivity index (χ0n) is 14.9. The number of pyridine rings is 1. The second kappa shape index (κ2) is 7.88. The normalized spacial score (nSPS) is 23.1. The van der Waals surface area contributed by atoms with Gasteiger partial charge in [0.25, 0.3) is 0 Å². The smallest absolute Gasteiger partial charge is 0.216 e. The number of hydrogen-bond donors (Lipinski definition) is 0. The average Bonchev–Trinajstić information content (AvgIpc) is 3.27. The Bertz CT molecular complexity index is 676. The fourth-order valence-electron chi connectivity index (χ4n) is 3.34. The van der Waals surface area contributed by atoms with Gasteiger partial charge in [-0.1, -0.05) is 0 Å². The summed E-state index contributed by atoms with van der Waals surface area (Å²) in [5.41, 5.74) is 0. The Morgan fingerprint density at radius 1 is 1.32 bits per heavy atom. The van der Waals surface area contributed by atoms with E-state index in [0.717, 1.165) is 24.7 Å². The summed E-state index contributed by atoms with van der Waals surface area (Å²) in [5.74, 6) is 1.62. The molecule has 0 unspecified atom stereocenters. The molecule has 0 N–H and O–H groups in total. The number of anilines is 1. The maximum atomic E-state index is 12.4. The highest BCUT2D eigenvalue weighted by molar-refractivity contribution is 7.89. The van der Waals surface area contributed by atoms with Crippen molar-refractivity contribution in [2.75, 3.05) is 43.9 Å². The third-order valence-corrected chi connectivity index (χ3v) is 6.81. The minimum Gasteiger partial charge on any atom is -0.485 e. The molecule has 0 radical (unpaired) electrons. The van der Waals surface area contributed by atoms with Gasteiger partial charge in [0.05, 0.1) is 18.4 Å². The highest BCUT2D eigenvalue weighted by Gasteiger charge is 2.34. The van der Waals surface area contributed by atoms with Crippen LogP contribution in [0.4, 0.5) is 5.82 Å². The third kappa shape index (κ3) is 4.43. The van der Waals surface area contributed by atoms with E-state index in [0.29, 0.717) is 19.5 Å². The molecular formula is C17H27N3O4S. The van der Waals surface area contributed by atoms with Gasteiger partial charge >= 0.3 is 0 Å². The Hall–Kier alpha value is -1.38. The second-order valence-corrected chi connectivity index (χ2v) is 8.74. The van der Waals surface area contributed by atoms with Crippen molar-refractivity contribution in [2.45, 2.75) is 38.4 Å². The molecule has 1 aromatic heterocycles. The molecule has 2 fully saturated rings. The lowest BCUT2D eigenvalue weighted by Crippen LogP contribution is -2.36. The zero-order valence-corrected chi connectivity index (χ0v) is 15.7. The van der Waals surface area contributed by atoms with E-state index >= 15 is 0 Å². The summed E-state index contributed by atoms with van der Waals surface area (Å²) < 4.78 is 37.6. The maximum Gasteiger partial charge on any atom is 0.216 e. The van der Waals surface area contributed by atoms with E-state index in [1.54, 1.807) is 13.1 Å².